The molecule has 0 unspecified atom stereocenters. The van der Waals surface area contributed by atoms with Gasteiger partial charge in [0.1, 0.15) is 23.2 Å². The molecule has 0 saturated carbocycles. The van der Waals surface area contributed by atoms with Gasteiger partial charge < -0.3 is 5.32 Å². The average molecular weight is 329 g/mol. The van der Waals surface area contributed by atoms with Crippen LogP contribution >= 0.6 is 0 Å². The highest BCUT2D eigenvalue weighted by molar-refractivity contribution is 5.77. The van der Waals surface area contributed by atoms with Crippen molar-refractivity contribution < 1.29 is 13.6 Å². The first kappa shape index (κ1) is 15.7. The van der Waals surface area contributed by atoms with Crippen molar-refractivity contribution in [3.05, 3.63) is 65.6 Å². The quantitative estimate of drug-likeness (QED) is 0.750. The summed E-state index contributed by atoms with van der Waals surface area (Å²) >= 11 is 0. The molecule has 1 aromatic carbocycles. The van der Waals surface area contributed by atoms with Gasteiger partial charge >= 0.3 is 0 Å². The van der Waals surface area contributed by atoms with Crippen LogP contribution in [0.1, 0.15) is 11.4 Å². The molecule has 0 aliphatic heterocycles. The van der Waals surface area contributed by atoms with Crippen molar-refractivity contribution in [2.45, 2.75) is 13.0 Å². The second-order valence-corrected chi connectivity index (χ2v) is 5.01. The van der Waals surface area contributed by atoms with E-state index in [1.54, 1.807) is 18.3 Å². The number of aromatic amines is 1. The fourth-order valence-corrected chi connectivity index (χ4v) is 2.06. The minimum absolute atomic E-state index is 0.0355. The lowest BCUT2D eigenvalue weighted by Gasteiger charge is -2.05. The van der Waals surface area contributed by atoms with Crippen LogP contribution in [-0.2, 0) is 17.8 Å². The number of benzene rings is 1. The van der Waals surface area contributed by atoms with Crippen molar-refractivity contribution in [3.63, 3.8) is 0 Å². The third-order valence-electron chi connectivity index (χ3n) is 3.24. The summed E-state index contributed by atoms with van der Waals surface area (Å²) in [4.78, 5) is 20.2. The van der Waals surface area contributed by atoms with E-state index in [0.717, 1.165) is 12.1 Å². The molecule has 0 fully saturated rings. The minimum Gasteiger partial charge on any atom is -0.352 e. The normalized spacial score (nSPS) is 10.6. The van der Waals surface area contributed by atoms with Crippen molar-refractivity contribution >= 4 is 5.91 Å². The number of halogens is 2. The van der Waals surface area contributed by atoms with E-state index < -0.39 is 11.6 Å². The lowest BCUT2D eigenvalue weighted by molar-refractivity contribution is -0.120. The number of carbonyl (C=O) groups excluding carboxylic acids is 1. The highest BCUT2D eigenvalue weighted by Crippen LogP contribution is 2.11. The largest absolute Gasteiger partial charge is 0.352 e. The van der Waals surface area contributed by atoms with Gasteiger partial charge in [-0.1, -0.05) is 12.1 Å². The standard InChI is InChI=1S/C16H13F2N5O/c17-11-5-4-10(12(18)7-11)9-20-15(24)8-14-21-16(23-22-14)13-3-1-2-6-19-13/h1-7H,8-9H2,(H,20,24)(H,21,22,23). The summed E-state index contributed by atoms with van der Waals surface area (Å²) in [6.07, 6.45) is 1.58. The van der Waals surface area contributed by atoms with Crippen molar-refractivity contribution in [1.29, 1.82) is 0 Å². The van der Waals surface area contributed by atoms with E-state index in [1.807, 2.05) is 6.07 Å². The minimum atomic E-state index is -0.701. The van der Waals surface area contributed by atoms with Crippen LogP contribution in [0.15, 0.2) is 42.6 Å². The molecule has 0 aliphatic rings. The van der Waals surface area contributed by atoms with Gasteiger partial charge in [0.25, 0.3) is 0 Å². The Hall–Kier alpha value is -3.16. The maximum atomic E-state index is 13.5. The van der Waals surface area contributed by atoms with Gasteiger partial charge in [0.2, 0.25) is 5.91 Å². The Labute approximate surface area is 136 Å². The fraction of sp³-hybridized carbons (Fsp3) is 0.125. The van der Waals surface area contributed by atoms with Crippen molar-refractivity contribution in [1.82, 2.24) is 25.5 Å². The van der Waals surface area contributed by atoms with Crippen LogP contribution in [0.2, 0.25) is 0 Å². The van der Waals surface area contributed by atoms with Crippen LogP contribution in [0.3, 0.4) is 0 Å². The highest BCUT2D eigenvalue weighted by Gasteiger charge is 2.11. The monoisotopic (exact) mass is 329 g/mol. The number of carbonyl (C=O) groups is 1. The molecule has 0 bridgehead atoms. The summed E-state index contributed by atoms with van der Waals surface area (Å²) in [5.41, 5.74) is 0.797. The molecule has 1 amide bonds. The molecule has 3 aromatic rings. The van der Waals surface area contributed by atoms with Gasteiger partial charge in [-0.25, -0.2) is 13.8 Å². The van der Waals surface area contributed by atoms with Crippen LogP contribution in [0.25, 0.3) is 11.5 Å². The molecule has 3 rings (SSSR count). The van der Waals surface area contributed by atoms with E-state index in [-0.39, 0.29) is 24.4 Å². The van der Waals surface area contributed by atoms with Crippen molar-refractivity contribution in [2.75, 3.05) is 0 Å². The molecule has 8 heteroatoms. The summed E-state index contributed by atoms with van der Waals surface area (Å²) in [6, 6.07) is 8.54. The van der Waals surface area contributed by atoms with E-state index in [1.165, 1.54) is 6.07 Å². The fourth-order valence-electron chi connectivity index (χ4n) is 2.06. The number of aromatic nitrogens is 4. The third-order valence-corrected chi connectivity index (χ3v) is 3.24. The second-order valence-electron chi connectivity index (χ2n) is 5.01. The lowest BCUT2D eigenvalue weighted by Crippen LogP contribution is -2.25. The first-order valence-corrected chi connectivity index (χ1v) is 7.15. The molecule has 2 N–H and O–H groups in total. The maximum Gasteiger partial charge on any atom is 0.227 e. The van der Waals surface area contributed by atoms with Gasteiger partial charge in [-0.15, -0.1) is 0 Å². The van der Waals surface area contributed by atoms with Crippen LogP contribution in [0.4, 0.5) is 8.78 Å². The summed E-state index contributed by atoms with van der Waals surface area (Å²) in [6.45, 7) is -0.0355. The maximum absolute atomic E-state index is 13.5. The van der Waals surface area contributed by atoms with Crippen molar-refractivity contribution in [2.24, 2.45) is 0 Å². The number of hydrogen-bond acceptors (Lipinski definition) is 4. The molecule has 24 heavy (non-hydrogen) atoms. The third kappa shape index (κ3) is 3.78. The predicted molar refractivity (Wildman–Crippen MR) is 81.5 cm³/mol. The molecule has 0 atom stereocenters. The molecule has 2 aromatic heterocycles. The Balaban J connectivity index is 1.58. The summed E-state index contributed by atoms with van der Waals surface area (Å²) < 4.78 is 26.3. The molecular formula is C16H13F2N5O. The number of hydrogen-bond donors (Lipinski definition) is 2. The van der Waals surface area contributed by atoms with Crippen LogP contribution in [0.5, 0.6) is 0 Å². The highest BCUT2D eigenvalue weighted by atomic mass is 19.1. The van der Waals surface area contributed by atoms with Gasteiger partial charge in [-0.3, -0.25) is 14.9 Å². The van der Waals surface area contributed by atoms with Gasteiger partial charge in [-0.05, 0) is 18.2 Å². The van der Waals surface area contributed by atoms with Crippen LogP contribution in [-0.4, -0.2) is 26.1 Å². The second kappa shape index (κ2) is 6.95. The molecule has 0 saturated heterocycles. The van der Waals surface area contributed by atoms with E-state index in [2.05, 4.69) is 25.5 Å². The zero-order chi connectivity index (χ0) is 16.9. The summed E-state index contributed by atoms with van der Waals surface area (Å²) in [7, 11) is 0. The SMILES string of the molecule is O=C(Cc1nc(-c2ccccn2)n[nH]1)NCc1ccc(F)cc1F. The zero-order valence-electron chi connectivity index (χ0n) is 12.5. The van der Waals surface area contributed by atoms with Crippen molar-refractivity contribution in [3.8, 4) is 11.5 Å². The molecule has 0 radical (unpaired) electrons. The molecule has 2 heterocycles. The molecule has 0 aliphatic carbocycles. The first-order chi connectivity index (χ1) is 11.6. The zero-order valence-corrected chi connectivity index (χ0v) is 12.5. The van der Waals surface area contributed by atoms with Gasteiger partial charge in [0.15, 0.2) is 5.82 Å². The van der Waals surface area contributed by atoms with Gasteiger partial charge in [-0.2, -0.15) is 5.10 Å². The van der Waals surface area contributed by atoms with Crippen LogP contribution < -0.4 is 5.32 Å². The van der Waals surface area contributed by atoms with Crippen LogP contribution in [0, 0.1) is 11.6 Å². The predicted octanol–water partition coefficient (Wildman–Crippen LogP) is 2.00. The number of pyridine rings is 1. The Kier molecular flexibility index (Phi) is 4.55. The molecule has 122 valence electrons. The Morgan fingerprint density at radius 3 is 2.83 bits per heavy atom. The Morgan fingerprint density at radius 2 is 2.08 bits per heavy atom. The number of H-pyrrole nitrogens is 1. The Morgan fingerprint density at radius 1 is 1.21 bits per heavy atom. The van der Waals surface area contributed by atoms with Gasteiger partial charge in [0.05, 0.1) is 6.42 Å². The Bertz CT molecular complexity index is 851. The molecular weight excluding hydrogens is 316 g/mol. The number of rotatable bonds is 5. The van der Waals surface area contributed by atoms with E-state index in [4.69, 9.17) is 0 Å². The number of nitrogens with zero attached hydrogens (tertiary/aromatic N) is 3. The number of nitrogens with one attached hydrogen (secondary N) is 2. The van der Waals surface area contributed by atoms with E-state index in [0.29, 0.717) is 17.3 Å². The topological polar surface area (TPSA) is 83.6 Å². The van der Waals surface area contributed by atoms with E-state index in [9.17, 15) is 13.6 Å². The first-order valence-electron chi connectivity index (χ1n) is 7.15. The smallest absolute Gasteiger partial charge is 0.227 e. The van der Waals surface area contributed by atoms with Gasteiger partial charge in [0, 0.05) is 24.4 Å². The summed E-state index contributed by atoms with van der Waals surface area (Å²) in [5, 5.41) is 9.22. The van der Waals surface area contributed by atoms with E-state index >= 15 is 0 Å². The number of amides is 1. The lowest BCUT2D eigenvalue weighted by atomic mass is 10.2. The summed E-state index contributed by atoms with van der Waals surface area (Å²) in [5.74, 6) is -0.961. The average Bonchev–Trinajstić information content (AvgIpc) is 3.03. The molecule has 6 nitrogen and oxygen atoms in total. The molecule has 0 spiro atoms.